The molecule has 0 bridgehead atoms. The number of carbonyl (C=O) groups is 2. The van der Waals surface area contributed by atoms with Crippen molar-refractivity contribution >= 4 is 22.8 Å². The summed E-state index contributed by atoms with van der Waals surface area (Å²) in [7, 11) is 0. The molecule has 0 saturated carbocycles. The van der Waals surface area contributed by atoms with Gasteiger partial charge in [-0.25, -0.2) is 0 Å². The molecule has 0 aromatic carbocycles. The third-order valence-corrected chi connectivity index (χ3v) is 0.910. The van der Waals surface area contributed by atoms with E-state index in [1.807, 2.05) is 6.92 Å². The first kappa shape index (κ1) is 9.43. The SMILES string of the molecule is CCCC(=O)OCC(=O)Cl. The van der Waals surface area contributed by atoms with Crippen LogP contribution in [0.15, 0.2) is 0 Å². The Morgan fingerprint density at radius 2 is 2.10 bits per heavy atom. The third-order valence-electron chi connectivity index (χ3n) is 0.801. The number of halogens is 1. The summed E-state index contributed by atoms with van der Waals surface area (Å²) in [5.41, 5.74) is 0. The molecule has 0 amide bonds. The highest BCUT2D eigenvalue weighted by Crippen LogP contribution is 1.91. The van der Waals surface area contributed by atoms with E-state index in [0.29, 0.717) is 6.42 Å². The third kappa shape index (κ3) is 5.56. The van der Waals surface area contributed by atoms with Crippen molar-refractivity contribution in [3.63, 3.8) is 0 Å². The Labute approximate surface area is 64.3 Å². The average Bonchev–Trinajstić information content (AvgIpc) is 1.85. The molecule has 0 aromatic rings. The van der Waals surface area contributed by atoms with Crippen LogP contribution in [0.3, 0.4) is 0 Å². The smallest absolute Gasteiger partial charge is 0.306 e. The van der Waals surface area contributed by atoms with Crippen LogP contribution < -0.4 is 0 Å². The summed E-state index contributed by atoms with van der Waals surface area (Å²) in [5.74, 6) is -0.378. The van der Waals surface area contributed by atoms with Crippen LogP contribution in [0.2, 0.25) is 0 Å². The molecule has 0 heterocycles. The summed E-state index contributed by atoms with van der Waals surface area (Å²) in [6.07, 6.45) is 1.06. The summed E-state index contributed by atoms with van der Waals surface area (Å²) in [5, 5.41) is -0.649. The van der Waals surface area contributed by atoms with E-state index in [1.54, 1.807) is 0 Å². The van der Waals surface area contributed by atoms with Gasteiger partial charge in [0.1, 0.15) is 0 Å². The first-order chi connectivity index (χ1) is 4.66. The van der Waals surface area contributed by atoms with E-state index >= 15 is 0 Å². The molecular formula is C6H9ClO3. The van der Waals surface area contributed by atoms with Gasteiger partial charge in [-0.2, -0.15) is 0 Å². The predicted octanol–water partition coefficient (Wildman–Crippen LogP) is 1.10. The van der Waals surface area contributed by atoms with Crippen LogP contribution in [-0.4, -0.2) is 17.8 Å². The van der Waals surface area contributed by atoms with Gasteiger partial charge in [0.25, 0.3) is 5.24 Å². The Hall–Kier alpha value is -0.570. The van der Waals surface area contributed by atoms with Gasteiger partial charge in [-0.15, -0.1) is 0 Å². The fraction of sp³-hybridized carbons (Fsp3) is 0.667. The second-order valence-electron chi connectivity index (χ2n) is 1.77. The van der Waals surface area contributed by atoms with E-state index in [-0.39, 0.29) is 12.6 Å². The molecule has 0 saturated heterocycles. The molecule has 3 nitrogen and oxygen atoms in total. The second kappa shape index (κ2) is 5.23. The van der Waals surface area contributed by atoms with E-state index in [4.69, 9.17) is 11.6 Å². The number of carbonyl (C=O) groups excluding carboxylic acids is 2. The van der Waals surface area contributed by atoms with Gasteiger partial charge in [0.15, 0.2) is 6.61 Å². The van der Waals surface area contributed by atoms with Crippen molar-refractivity contribution in [2.24, 2.45) is 0 Å². The van der Waals surface area contributed by atoms with Crippen molar-refractivity contribution < 1.29 is 14.3 Å². The molecule has 0 fully saturated rings. The van der Waals surface area contributed by atoms with E-state index in [1.165, 1.54) is 0 Å². The lowest BCUT2D eigenvalue weighted by molar-refractivity contribution is -0.146. The molecule has 0 aliphatic rings. The van der Waals surface area contributed by atoms with Crippen LogP contribution >= 0.6 is 11.6 Å². The topological polar surface area (TPSA) is 43.4 Å². The van der Waals surface area contributed by atoms with Crippen LogP contribution in [0.1, 0.15) is 19.8 Å². The van der Waals surface area contributed by atoms with E-state index in [9.17, 15) is 9.59 Å². The Morgan fingerprint density at radius 1 is 1.50 bits per heavy atom. The van der Waals surface area contributed by atoms with Gasteiger partial charge in [-0.1, -0.05) is 6.92 Å². The van der Waals surface area contributed by atoms with Crippen LogP contribution in [0.25, 0.3) is 0 Å². The minimum absolute atomic E-state index is 0.319. The summed E-state index contributed by atoms with van der Waals surface area (Å²) in [4.78, 5) is 20.6. The van der Waals surface area contributed by atoms with Gasteiger partial charge < -0.3 is 4.74 Å². The molecule has 0 unspecified atom stereocenters. The van der Waals surface area contributed by atoms with Gasteiger partial charge in [-0.05, 0) is 18.0 Å². The molecule has 0 aromatic heterocycles. The maximum Gasteiger partial charge on any atom is 0.306 e. The quantitative estimate of drug-likeness (QED) is 0.462. The van der Waals surface area contributed by atoms with Crippen LogP contribution in [0, 0.1) is 0 Å². The number of hydrogen-bond acceptors (Lipinski definition) is 3. The zero-order valence-corrected chi connectivity index (χ0v) is 6.48. The molecule has 0 N–H and O–H groups in total. The highest BCUT2D eigenvalue weighted by molar-refractivity contribution is 6.64. The number of ether oxygens (including phenoxy) is 1. The molecule has 0 spiro atoms. The van der Waals surface area contributed by atoms with Crippen molar-refractivity contribution in [1.29, 1.82) is 0 Å². The summed E-state index contributed by atoms with van der Waals surface area (Å²) in [6, 6.07) is 0. The van der Waals surface area contributed by atoms with Crippen molar-refractivity contribution in [2.45, 2.75) is 19.8 Å². The van der Waals surface area contributed by atoms with Crippen molar-refractivity contribution in [3.05, 3.63) is 0 Å². The number of rotatable bonds is 4. The molecule has 0 rings (SSSR count). The van der Waals surface area contributed by atoms with Crippen LogP contribution in [0.4, 0.5) is 0 Å². The molecule has 0 aliphatic carbocycles. The summed E-state index contributed by atoms with van der Waals surface area (Å²) < 4.78 is 4.42. The zero-order chi connectivity index (χ0) is 7.98. The molecule has 0 aliphatic heterocycles. The zero-order valence-electron chi connectivity index (χ0n) is 5.72. The lowest BCUT2D eigenvalue weighted by atomic mass is 10.3. The maximum absolute atomic E-state index is 10.5. The predicted molar refractivity (Wildman–Crippen MR) is 36.7 cm³/mol. The molecule has 4 heteroatoms. The van der Waals surface area contributed by atoms with Gasteiger partial charge in [-0.3, -0.25) is 9.59 Å². The van der Waals surface area contributed by atoms with Crippen LogP contribution in [-0.2, 0) is 14.3 Å². The number of esters is 1. The highest BCUT2D eigenvalue weighted by atomic mass is 35.5. The van der Waals surface area contributed by atoms with Gasteiger partial charge in [0, 0.05) is 6.42 Å². The Morgan fingerprint density at radius 3 is 2.50 bits per heavy atom. The van der Waals surface area contributed by atoms with Crippen molar-refractivity contribution in [3.8, 4) is 0 Å². The summed E-state index contributed by atoms with van der Waals surface area (Å²) in [6.45, 7) is 1.53. The van der Waals surface area contributed by atoms with E-state index in [2.05, 4.69) is 4.74 Å². The normalized spacial score (nSPS) is 9.00. The van der Waals surface area contributed by atoms with Gasteiger partial charge >= 0.3 is 5.97 Å². The minimum Gasteiger partial charge on any atom is -0.456 e. The maximum atomic E-state index is 10.5. The van der Waals surface area contributed by atoms with E-state index < -0.39 is 5.24 Å². The van der Waals surface area contributed by atoms with Crippen molar-refractivity contribution in [2.75, 3.05) is 6.61 Å². The number of hydrogen-bond donors (Lipinski definition) is 0. The fourth-order valence-electron chi connectivity index (χ4n) is 0.414. The molecule has 10 heavy (non-hydrogen) atoms. The van der Waals surface area contributed by atoms with E-state index in [0.717, 1.165) is 6.42 Å². The van der Waals surface area contributed by atoms with Gasteiger partial charge in [0.05, 0.1) is 0 Å². The standard InChI is InChI=1S/C6H9ClO3/c1-2-3-6(9)10-4-5(7)8/h2-4H2,1H3. The highest BCUT2D eigenvalue weighted by Gasteiger charge is 2.02. The molecule has 0 radical (unpaired) electrons. The monoisotopic (exact) mass is 164 g/mol. The largest absolute Gasteiger partial charge is 0.456 e. The molecule has 0 atom stereocenters. The average molecular weight is 165 g/mol. The molecule has 58 valence electrons. The Kier molecular flexibility index (Phi) is 4.94. The summed E-state index contributed by atoms with van der Waals surface area (Å²) >= 11 is 4.91. The van der Waals surface area contributed by atoms with Crippen LogP contribution in [0.5, 0.6) is 0 Å². The van der Waals surface area contributed by atoms with Crippen molar-refractivity contribution in [1.82, 2.24) is 0 Å². The first-order valence-corrected chi connectivity index (χ1v) is 3.38. The second-order valence-corrected chi connectivity index (χ2v) is 2.19. The van der Waals surface area contributed by atoms with Gasteiger partial charge in [0.2, 0.25) is 0 Å². The lowest BCUT2D eigenvalue weighted by Crippen LogP contribution is -2.08. The lowest BCUT2D eigenvalue weighted by Gasteiger charge is -1.97. The fourth-order valence-corrected chi connectivity index (χ4v) is 0.468. The molecular weight excluding hydrogens is 156 g/mol. The Balaban J connectivity index is 3.30. The first-order valence-electron chi connectivity index (χ1n) is 3.00. The minimum atomic E-state index is -0.649. The Bertz CT molecular complexity index is 133.